The third-order valence-electron chi connectivity index (χ3n) is 5.83. The Balaban J connectivity index is 1.29. The minimum absolute atomic E-state index is 0.150. The Kier molecular flexibility index (Phi) is 6.30. The number of ether oxygens (including phenoxy) is 1. The van der Waals surface area contributed by atoms with Crippen LogP contribution in [0.4, 0.5) is 17.2 Å². The summed E-state index contributed by atoms with van der Waals surface area (Å²) in [4.78, 5) is 19.3. The van der Waals surface area contributed by atoms with Crippen LogP contribution in [-0.4, -0.2) is 43.2 Å². The van der Waals surface area contributed by atoms with Crippen molar-refractivity contribution >= 4 is 23.1 Å². The average Bonchev–Trinajstić information content (AvgIpc) is 3.27. The van der Waals surface area contributed by atoms with Gasteiger partial charge in [0.05, 0.1) is 11.7 Å². The van der Waals surface area contributed by atoms with Crippen molar-refractivity contribution in [1.82, 2.24) is 4.98 Å². The molecule has 154 valence electrons. The van der Waals surface area contributed by atoms with Gasteiger partial charge in [0.15, 0.2) is 0 Å². The Morgan fingerprint density at radius 2 is 1.93 bits per heavy atom. The molecule has 1 atom stereocenters. The van der Waals surface area contributed by atoms with Crippen LogP contribution in [0.3, 0.4) is 0 Å². The maximum Gasteiger partial charge on any atom is 0.257 e. The first-order valence-corrected chi connectivity index (χ1v) is 10.7. The summed E-state index contributed by atoms with van der Waals surface area (Å²) < 4.78 is 5.60. The molecule has 29 heavy (non-hydrogen) atoms. The minimum Gasteiger partial charge on any atom is -0.376 e. The van der Waals surface area contributed by atoms with Crippen LogP contribution in [0.25, 0.3) is 0 Å². The SMILES string of the molecule is CC1CCN(c2ccc(NC(=O)c3ccc(NCC4CCCO4)nc3)cc2)CC1. The van der Waals surface area contributed by atoms with Crippen molar-refractivity contribution in [3.05, 3.63) is 48.2 Å². The van der Waals surface area contributed by atoms with Gasteiger partial charge in [-0.1, -0.05) is 6.92 Å². The molecule has 6 nitrogen and oxygen atoms in total. The lowest BCUT2D eigenvalue weighted by molar-refractivity contribution is 0.102. The number of carbonyl (C=O) groups excluding carboxylic acids is 1. The summed E-state index contributed by atoms with van der Waals surface area (Å²) in [7, 11) is 0. The first-order chi connectivity index (χ1) is 14.2. The van der Waals surface area contributed by atoms with Crippen LogP contribution in [0, 0.1) is 5.92 Å². The van der Waals surface area contributed by atoms with Gasteiger partial charge in [0.1, 0.15) is 5.82 Å². The smallest absolute Gasteiger partial charge is 0.257 e. The molecule has 1 aromatic carbocycles. The van der Waals surface area contributed by atoms with Crippen molar-refractivity contribution in [1.29, 1.82) is 0 Å². The van der Waals surface area contributed by atoms with Crippen LogP contribution < -0.4 is 15.5 Å². The number of rotatable bonds is 6. The van der Waals surface area contributed by atoms with E-state index in [1.54, 1.807) is 12.3 Å². The minimum atomic E-state index is -0.150. The van der Waals surface area contributed by atoms with Crippen molar-refractivity contribution in [2.24, 2.45) is 5.92 Å². The molecule has 0 radical (unpaired) electrons. The van der Waals surface area contributed by atoms with Crippen LogP contribution in [0.2, 0.25) is 0 Å². The number of benzene rings is 1. The van der Waals surface area contributed by atoms with Crippen LogP contribution in [0.15, 0.2) is 42.6 Å². The number of amides is 1. The van der Waals surface area contributed by atoms with E-state index in [2.05, 4.69) is 39.6 Å². The van der Waals surface area contributed by atoms with Gasteiger partial charge in [-0.05, 0) is 68.0 Å². The van der Waals surface area contributed by atoms with E-state index in [0.29, 0.717) is 5.56 Å². The summed E-state index contributed by atoms with van der Waals surface area (Å²) in [5, 5.41) is 6.22. The molecule has 2 aliphatic rings. The molecule has 4 rings (SSSR count). The first-order valence-electron chi connectivity index (χ1n) is 10.7. The Hall–Kier alpha value is -2.60. The molecule has 1 unspecified atom stereocenters. The van der Waals surface area contributed by atoms with E-state index in [0.717, 1.165) is 56.5 Å². The molecule has 2 fully saturated rings. The molecule has 6 heteroatoms. The van der Waals surface area contributed by atoms with Gasteiger partial charge in [-0.3, -0.25) is 4.79 Å². The van der Waals surface area contributed by atoms with Gasteiger partial charge in [0.2, 0.25) is 0 Å². The third kappa shape index (κ3) is 5.26. The van der Waals surface area contributed by atoms with E-state index in [-0.39, 0.29) is 12.0 Å². The molecule has 0 spiro atoms. The molecule has 2 aliphatic heterocycles. The van der Waals surface area contributed by atoms with E-state index in [1.165, 1.54) is 18.5 Å². The largest absolute Gasteiger partial charge is 0.376 e. The van der Waals surface area contributed by atoms with E-state index in [9.17, 15) is 4.79 Å². The Bertz CT molecular complexity index is 793. The standard InChI is InChI=1S/C23H30N4O2/c1-17-10-12-27(13-11-17)20-7-5-19(6-8-20)26-23(28)18-4-9-22(24-15-18)25-16-21-3-2-14-29-21/h4-9,15,17,21H,2-3,10-14,16H2,1H3,(H,24,25)(H,26,28). The number of anilines is 3. The summed E-state index contributed by atoms with van der Waals surface area (Å²) in [6.07, 6.45) is 6.56. The summed E-state index contributed by atoms with van der Waals surface area (Å²) in [6.45, 7) is 6.12. The van der Waals surface area contributed by atoms with Gasteiger partial charge in [-0.15, -0.1) is 0 Å². The van der Waals surface area contributed by atoms with E-state index in [1.807, 2.05) is 18.2 Å². The average molecular weight is 395 g/mol. The molecule has 3 heterocycles. The van der Waals surface area contributed by atoms with Crippen molar-refractivity contribution in [3.63, 3.8) is 0 Å². The fraction of sp³-hybridized carbons (Fsp3) is 0.478. The second-order valence-corrected chi connectivity index (χ2v) is 8.12. The Morgan fingerprint density at radius 3 is 2.59 bits per heavy atom. The maximum atomic E-state index is 12.5. The van der Waals surface area contributed by atoms with Crippen molar-refractivity contribution in [3.8, 4) is 0 Å². The number of aromatic nitrogens is 1. The van der Waals surface area contributed by atoms with Crippen molar-refractivity contribution in [2.45, 2.75) is 38.7 Å². The lowest BCUT2D eigenvalue weighted by atomic mass is 9.99. The zero-order chi connectivity index (χ0) is 20.1. The molecular formula is C23H30N4O2. The molecule has 1 aromatic heterocycles. The third-order valence-corrected chi connectivity index (χ3v) is 5.83. The van der Waals surface area contributed by atoms with Gasteiger partial charge in [-0.25, -0.2) is 4.98 Å². The highest BCUT2D eigenvalue weighted by molar-refractivity contribution is 6.04. The van der Waals surface area contributed by atoms with Gasteiger partial charge < -0.3 is 20.3 Å². The van der Waals surface area contributed by atoms with E-state index >= 15 is 0 Å². The van der Waals surface area contributed by atoms with Gasteiger partial charge in [-0.2, -0.15) is 0 Å². The maximum absolute atomic E-state index is 12.5. The topological polar surface area (TPSA) is 66.5 Å². The zero-order valence-electron chi connectivity index (χ0n) is 17.1. The zero-order valence-corrected chi connectivity index (χ0v) is 17.1. The second kappa shape index (κ2) is 9.27. The summed E-state index contributed by atoms with van der Waals surface area (Å²) in [5.74, 6) is 1.43. The quantitative estimate of drug-likeness (QED) is 0.770. The molecule has 2 saturated heterocycles. The normalized spacial score (nSPS) is 19.9. The van der Waals surface area contributed by atoms with Crippen molar-refractivity contribution < 1.29 is 9.53 Å². The van der Waals surface area contributed by atoms with Crippen LogP contribution in [-0.2, 0) is 4.74 Å². The highest BCUT2D eigenvalue weighted by Crippen LogP contribution is 2.24. The number of carbonyl (C=O) groups is 1. The number of hydrogen-bond acceptors (Lipinski definition) is 5. The molecule has 2 aromatic rings. The van der Waals surface area contributed by atoms with Gasteiger partial charge in [0.25, 0.3) is 5.91 Å². The highest BCUT2D eigenvalue weighted by atomic mass is 16.5. The predicted molar refractivity (Wildman–Crippen MR) is 117 cm³/mol. The first kappa shape index (κ1) is 19.7. The molecule has 0 aliphatic carbocycles. The molecule has 2 N–H and O–H groups in total. The molecule has 0 bridgehead atoms. The molecule has 0 saturated carbocycles. The Morgan fingerprint density at radius 1 is 1.14 bits per heavy atom. The highest BCUT2D eigenvalue weighted by Gasteiger charge is 2.17. The molecule has 1 amide bonds. The fourth-order valence-electron chi connectivity index (χ4n) is 3.88. The second-order valence-electron chi connectivity index (χ2n) is 8.12. The lowest BCUT2D eigenvalue weighted by Crippen LogP contribution is -2.32. The van der Waals surface area contributed by atoms with Gasteiger partial charge >= 0.3 is 0 Å². The summed E-state index contributed by atoms with van der Waals surface area (Å²) >= 11 is 0. The Labute approximate surface area is 172 Å². The lowest BCUT2D eigenvalue weighted by Gasteiger charge is -2.32. The van der Waals surface area contributed by atoms with E-state index < -0.39 is 0 Å². The van der Waals surface area contributed by atoms with Crippen LogP contribution in [0.5, 0.6) is 0 Å². The summed E-state index contributed by atoms with van der Waals surface area (Å²) in [6, 6.07) is 11.7. The fourth-order valence-corrected chi connectivity index (χ4v) is 3.88. The number of pyridine rings is 1. The number of nitrogens with zero attached hydrogens (tertiary/aromatic N) is 2. The number of hydrogen-bond donors (Lipinski definition) is 2. The molecular weight excluding hydrogens is 364 g/mol. The van der Waals surface area contributed by atoms with E-state index in [4.69, 9.17) is 4.74 Å². The predicted octanol–water partition coefficient (Wildman–Crippen LogP) is 4.16. The van der Waals surface area contributed by atoms with Gasteiger partial charge in [0, 0.05) is 43.8 Å². The van der Waals surface area contributed by atoms with Crippen molar-refractivity contribution in [2.75, 3.05) is 41.8 Å². The summed E-state index contributed by atoms with van der Waals surface area (Å²) in [5.41, 5.74) is 2.56. The number of nitrogens with one attached hydrogen (secondary N) is 2. The van der Waals surface area contributed by atoms with Crippen LogP contribution >= 0.6 is 0 Å². The monoisotopic (exact) mass is 394 g/mol. The number of piperidine rings is 1. The van der Waals surface area contributed by atoms with Crippen LogP contribution in [0.1, 0.15) is 43.0 Å².